The second-order valence-corrected chi connectivity index (χ2v) is 10.5. The Hall–Kier alpha value is -5.51. The number of hydrogen-bond donors (Lipinski definition) is 1. The molecule has 11 nitrogen and oxygen atoms in total. The number of oxazole rings is 2. The van der Waals surface area contributed by atoms with Gasteiger partial charge in [-0.05, 0) is 76.8 Å². The maximum atomic E-state index is 12.1. The molecule has 0 saturated carbocycles. The molecule has 0 aliphatic heterocycles. The van der Waals surface area contributed by atoms with E-state index in [1.807, 2.05) is 36.4 Å². The lowest BCUT2D eigenvalue weighted by Gasteiger charge is -2.13. The number of carbonyl (C=O) groups excluding carboxylic acids is 2. The minimum absolute atomic E-state index is 0.102. The summed E-state index contributed by atoms with van der Waals surface area (Å²) in [5.41, 5.74) is 3.42. The number of ether oxygens (including phenoxy) is 2. The Morgan fingerprint density at radius 1 is 0.705 bits per heavy atom. The van der Waals surface area contributed by atoms with Crippen molar-refractivity contribution in [3.8, 4) is 28.7 Å². The molecule has 1 atom stereocenters. The van der Waals surface area contributed by atoms with Crippen LogP contribution in [0.25, 0.3) is 66.7 Å². The van der Waals surface area contributed by atoms with Crippen molar-refractivity contribution in [3.63, 3.8) is 0 Å². The SMILES string of the molecule is COC(=O)c1ccc2oc(-c3ccc4cc5cccc(-c6nc7cc(C(=O)OC)ccc7o6)c5cc4c3O[PH](=O)O)nc2c1. The lowest BCUT2D eigenvalue weighted by Crippen LogP contribution is -2.00. The van der Waals surface area contributed by atoms with Crippen molar-refractivity contribution < 1.29 is 41.9 Å². The second kappa shape index (κ2) is 10.6. The fourth-order valence-corrected chi connectivity index (χ4v) is 5.59. The molecule has 0 spiro atoms. The first-order valence-corrected chi connectivity index (χ1v) is 14.5. The van der Waals surface area contributed by atoms with Crippen molar-refractivity contribution in [1.29, 1.82) is 0 Å². The maximum absolute atomic E-state index is 12.1. The zero-order chi connectivity index (χ0) is 30.5. The van der Waals surface area contributed by atoms with Gasteiger partial charge in [0.1, 0.15) is 16.8 Å². The molecule has 0 aliphatic carbocycles. The third-order valence-corrected chi connectivity index (χ3v) is 7.62. The molecule has 0 fully saturated rings. The minimum Gasteiger partial charge on any atom is -0.465 e. The number of esters is 2. The van der Waals surface area contributed by atoms with Crippen LogP contribution in [-0.4, -0.2) is 41.0 Å². The van der Waals surface area contributed by atoms with E-state index in [2.05, 4.69) is 9.97 Å². The topological polar surface area (TPSA) is 151 Å². The molecule has 2 aromatic heterocycles. The van der Waals surface area contributed by atoms with Crippen LogP contribution in [-0.2, 0) is 14.0 Å². The van der Waals surface area contributed by atoms with Crippen LogP contribution in [0.5, 0.6) is 5.75 Å². The molecule has 5 aromatic carbocycles. The number of fused-ring (bicyclic) bond motifs is 4. The molecule has 0 radical (unpaired) electrons. The van der Waals surface area contributed by atoms with Crippen LogP contribution in [0.3, 0.4) is 0 Å². The summed E-state index contributed by atoms with van der Waals surface area (Å²) >= 11 is 0. The average molecular weight is 608 g/mol. The highest BCUT2D eigenvalue weighted by atomic mass is 31.1. The van der Waals surface area contributed by atoms with E-state index in [-0.39, 0.29) is 11.6 Å². The summed E-state index contributed by atoms with van der Waals surface area (Å²) in [6, 6.07) is 22.5. The number of hydrogen-bond acceptors (Lipinski definition) is 10. The summed E-state index contributed by atoms with van der Waals surface area (Å²) in [7, 11) is -0.854. The standard InChI is InChI=1S/C32H21N2O9P/c1-39-31(35)18-7-10-26-24(13-18)33-29(41-26)20-5-3-4-16-12-17-6-9-21(28(43-44(37)38)23(17)15-22(16)20)30-34-25-14-19(32(36)40-2)8-11-27(25)42-30/h3-15,44H,1-2H3,(H,37,38). The smallest absolute Gasteiger partial charge is 0.365 e. The monoisotopic (exact) mass is 608 g/mol. The minimum atomic E-state index is -3.45. The summed E-state index contributed by atoms with van der Waals surface area (Å²) in [4.78, 5) is 43.1. The molecule has 7 aromatic rings. The van der Waals surface area contributed by atoms with Gasteiger partial charge in [-0.3, -0.25) is 0 Å². The van der Waals surface area contributed by atoms with Gasteiger partial charge < -0.3 is 27.7 Å². The van der Waals surface area contributed by atoms with E-state index >= 15 is 0 Å². The molecule has 1 unspecified atom stereocenters. The zero-order valence-corrected chi connectivity index (χ0v) is 24.1. The lowest BCUT2D eigenvalue weighted by atomic mass is 9.97. The van der Waals surface area contributed by atoms with Gasteiger partial charge in [0.25, 0.3) is 0 Å². The second-order valence-electron chi connectivity index (χ2n) is 9.80. The van der Waals surface area contributed by atoms with Gasteiger partial charge in [0.05, 0.1) is 30.9 Å². The highest BCUT2D eigenvalue weighted by Crippen LogP contribution is 2.43. The first-order valence-electron chi connectivity index (χ1n) is 13.2. The third-order valence-electron chi connectivity index (χ3n) is 7.24. The van der Waals surface area contributed by atoms with E-state index in [0.717, 1.165) is 16.2 Å². The lowest BCUT2D eigenvalue weighted by molar-refractivity contribution is 0.0592. The Morgan fingerprint density at radius 2 is 1.30 bits per heavy atom. The Labute approximate surface area is 248 Å². The van der Waals surface area contributed by atoms with Crippen LogP contribution in [0, 0.1) is 0 Å². The van der Waals surface area contributed by atoms with E-state index in [4.69, 9.17) is 22.8 Å². The molecule has 2 heterocycles. The molecule has 0 aliphatic rings. The van der Waals surface area contributed by atoms with Gasteiger partial charge in [-0.1, -0.05) is 18.2 Å². The van der Waals surface area contributed by atoms with Crippen LogP contribution >= 0.6 is 8.25 Å². The first kappa shape index (κ1) is 27.3. The molecule has 7 rings (SSSR count). The predicted octanol–water partition coefficient (Wildman–Crippen LogP) is 6.94. The van der Waals surface area contributed by atoms with E-state index in [1.54, 1.807) is 42.5 Å². The van der Waals surface area contributed by atoms with Gasteiger partial charge in [-0.15, -0.1) is 0 Å². The van der Waals surface area contributed by atoms with Gasteiger partial charge in [0, 0.05) is 10.9 Å². The van der Waals surface area contributed by atoms with Crippen molar-refractivity contribution in [2.24, 2.45) is 0 Å². The zero-order valence-electron chi connectivity index (χ0n) is 23.1. The Bertz CT molecular complexity index is 2320. The highest BCUT2D eigenvalue weighted by molar-refractivity contribution is 7.32. The number of aromatic nitrogens is 2. The molecule has 12 heteroatoms. The van der Waals surface area contributed by atoms with Crippen molar-refractivity contribution >= 4 is 63.9 Å². The van der Waals surface area contributed by atoms with Crippen LogP contribution in [0.2, 0.25) is 0 Å². The normalized spacial score (nSPS) is 12.2. The molecular weight excluding hydrogens is 587 g/mol. The Balaban J connectivity index is 1.41. The van der Waals surface area contributed by atoms with Gasteiger partial charge >= 0.3 is 20.2 Å². The summed E-state index contributed by atoms with van der Waals surface area (Å²) in [6.45, 7) is 0. The van der Waals surface area contributed by atoms with E-state index in [9.17, 15) is 19.0 Å². The molecule has 1 N–H and O–H groups in total. The molecule has 44 heavy (non-hydrogen) atoms. The summed E-state index contributed by atoms with van der Waals surface area (Å²) in [5.74, 6) is -0.443. The molecule has 0 amide bonds. The number of nitrogens with zero attached hydrogens (tertiary/aromatic N) is 2. The highest BCUT2D eigenvalue weighted by Gasteiger charge is 2.21. The Morgan fingerprint density at radius 3 is 1.89 bits per heavy atom. The number of methoxy groups -OCH3 is 2. The van der Waals surface area contributed by atoms with Gasteiger partial charge in [-0.2, -0.15) is 0 Å². The molecule has 0 saturated heterocycles. The van der Waals surface area contributed by atoms with E-state index < -0.39 is 20.2 Å². The van der Waals surface area contributed by atoms with Gasteiger partial charge in [-0.25, -0.2) is 24.1 Å². The summed E-state index contributed by atoms with van der Waals surface area (Å²) < 4.78 is 39.2. The fraction of sp³-hybridized carbons (Fsp3) is 0.0625. The van der Waals surface area contributed by atoms with Crippen molar-refractivity contribution in [2.45, 2.75) is 0 Å². The Kier molecular flexibility index (Phi) is 6.61. The summed E-state index contributed by atoms with van der Waals surface area (Å²) in [5, 5.41) is 2.86. The van der Waals surface area contributed by atoms with Crippen LogP contribution in [0.15, 0.2) is 87.7 Å². The van der Waals surface area contributed by atoms with E-state index in [0.29, 0.717) is 55.7 Å². The van der Waals surface area contributed by atoms with Crippen molar-refractivity contribution in [2.75, 3.05) is 14.2 Å². The predicted molar refractivity (Wildman–Crippen MR) is 162 cm³/mol. The first-order chi connectivity index (χ1) is 21.3. The molecule has 0 bridgehead atoms. The quantitative estimate of drug-likeness (QED) is 0.119. The summed E-state index contributed by atoms with van der Waals surface area (Å²) in [6.07, 6.45) is 0. The largest absolute Gasteiger partial charge is 0.465 e. The molecule has 218 valence electrons. The van der Waals surface area contributed by atoms with E-state index in [1.165, 1.54) is 14.2 Å². The van der Waals surface area contributed by atoms with Gasteiger partial charge in [0.15, 0.2) is 11.2 Å². The van der Waals surface area contributed by atoms with Crippen LogP contribution in [0.1, 0.15) is 20.7 Å². The fourth-order valence-electron chi connectivity index (χ4n) is 5.20. The van der Waals surface area contributed by atoms with Crippen molar-refractivity contribution in [1.82, 2.24) is 9.97 Å². The molecular formula is C32H21N2O9P. The number of carbonyl (C=O) groups is 2. The maximum Gasteiger partial charge on any atom is 0.365 e. The van der Waals surface area contributed by atoms with Crippen LogP contribution in [0.4, 0.5) is 0 Å². The van der Waals surface area contributed by atoms with Crippen molar-refractivity contribution in [3.05, 3.63) is 90.0 Å². The van der Waals surface area contributed by atoms with Crippen LogP contribution < -0.4 is 4.52 Å². The third kappa shape index (κ3) is 4.64. The number of rotatable bonds is 6. The average Bonchev–Trinajstić information content (AvgIpc) is 3.66. The van der Waals surface area contributed by atoms with Gasteiger partial charge in [0.2, 0.25) is 11.8 Å². The number of benzene rings is 5.